The zero-order valence-corrected chi connectivity index (χ0v) is 23.0. The van der Waals surface area contributed by atoms with E-state index in [0.29, 0.717) is 44.6 Å². The van der Waals surface area contributed by atoms with Crippen LogP contribution in [0.1, 0.15) is 62.8 Å². The molecule has 4 heterocycles. The first-order valence-electron chi connectivity index (χ1n) is 14.2. The molecule has 1 N–H and O–H groups in total. The molecule has 9 nitrogen and oxygen atoms in total. The largest absolute Gasteiger partial charge is 0.383 e. The summed E-state index contributed by atoms with van der Waals surface area (Å²) in [5, 5.41) is 7.85. The molecule has 12 heteroatoms. The summed E-state index contributed by atoms with van der Waals surface area (Å²) in [5.41, 5.74) is 0.293. The number of carbonyl (C=O) groups is 1. The van der Waals surface area contributed by atoms with E-state index in [2.05, 4.69) is 15.1 Å². The van der Waals surface area contributed by atoms with Crippen molar-refractivity contribution in [2.45, 2.75) is 63.7 Å². The van der Waals surface area contributed by atoms with Gasteiger partial charge in [0, 0.05) is 70.0 Å². The molecule has 5 rings (SSSR count). The number of hydrogen-bond acceptors (Lipinski definition) is 7. The SMILES string of the molecule is COCCN1CCN(c2nc3nc(C(C)CCC4(C(F)(F)CF)CC4)cn3nc2CC2CCCNC2=O)CC1. The van der Waals surface area contributed by atoms with E-state index in [1.807, 2.05) is 13.1 Å². The number of piperidine rings is 1. The van der Waals surface area contributed by atoms with E-state index in [1.165, 1.54) is 0 Å². The average Bonchev–Trinajstić information content (AvgIpc) is 3.64. The fraction of sp³-hybridized carbons (Fsp3) is 0.778. The van der Waals surface area contributed by atoms with Gasteiger partial charge in [-0.05, 0) is 38.5 Å². The van der Waals surface area contributed by atoms with Gasteiger partial charge in [-0.3, -0.25) is 9.69 Å². The summed E-state index contributed by atoms with van der Waals surface area (Å²) in [5.74, 6) is -2.24. The van der Waals surface area contributed by atoms with Gasteiger partial charge in [0.15, 0.2) is 12.5 Å². The summed E-state index contributed by atoms with van der Waals surface area (Å²) < 4.78 is 48.1. The van der Waals surface area contributed by atoms with Crippen molar-refractivity contribution in [2.75, 3.05) is 64.6 Å². The molecule has 216 valence electrons. The highest BCUT2D eigenvalue weighted by Gasteiger charge is 2.61. The van der Waals surface area contributed by atoms with Crippen LogP contribution in [0.2, 0.25) is 0 Å². The summed E-state index contributed by atoms with van der Waals surface area (Å²) in [6, 6.07) is 0. The topological polar surface area (TPSA) is 87.9 Å². The van der Waals surface area contributed by atoms with Crippen molar-refractivity contribution in [3.63, 3.8) is 0 Å². The van der Waals surface area contributed by atoms with E-state index in [9.17, 15) is 18.0 Å². The third-order valence-corrected chi connectivity index (χ3v) is 8.86. The van der Waals surface area contributed by atoms with Crippen LogP contribution in [0.3, 0.4) is 0 Å². The number of hydrogen-bond donors (Lipinski definition) is 1. The highest BCUT2D eigenvalue weighted by molar-refractivity contribution is 5.79. The fourth-order valence-corrected chi connectivity index (χ4v) is 5.88. The van der Waals surface area contributed by atoms with Crippen molar-refractivity contribution < 1.29 is 22.7 Å². The van der Waals surface area contributed by atoms with Crippen LogP contribution in [0, 0.1) is 11.3 Å². The van der Waals surface area contributed by atoms with Gasteiger partial charge in [-0.1, -0.05) is 6.92 Å². The molecule has 0 aromatic carbocycles. The second kappa shape index (κ2) is 11.6. The normalized spacial score (nSPS) is 22.7. The Bertz CT molecular complexity index is 1150. The number of imidazole rings is 1. The van der Waals surface area contributed by atoms with Gasteiger partial charge < -0.3 is 15.0 Å². The first kappa shape index (κ1) is 28.1. The number of fused-ring (bicyclic) bond motifs is 1. The Morgan fingerprint density at radius 3 is 2.67 bits per heavy atom. The number of rotatable bonds is 12. The summed E-state index contributed by atoms with van der Waals surface area (Å²) in [4.78, 5) is 26.8. The van der Waals surface area contributed by atoms with Crippen molar-refractivity contribution >= 4 is 17.5 Å². The minimum Gasteiger partial charge on any atom is -0.383 e. The maximum atomic E-state index is 14.1. The highest BCUT2D eigenvalue weighted by Crippen LogP contribution is 2.60. The predicted molar refractivity (Wildman–Crippen MR) is 141 cm³/mol. The molecular weight excluding hydrogens is 511 g/mol. The maximum Gasteiger partial charge on any atom is 0.281 e. The highest BCUT2D eigenvalue weighted by atomic mass is 19.3. The molecule has 1 saturated carbocycles. The van der Waals surface area contributed by atoms with Crippen molar-refractivity contribution in [3.05, 3.63) is 17.6 Å². The Labute approximate surface area is 227 Å². The standard InChI is InChI=1S/C27H40F3N7O2/c1-19(5-6-26(7-8-26)27(29,30)18-28)22-17-37-25(32-22)33-23(36-12-10-35(11-13-36)14-15-39-2)21(34-37)16-20-4-3-9-31-24(20)38/h17,19-20H,3-16,18H2,1-2H3,(H,31,38). The second-order valence-electron chi connectivity index (χ2n) is 11.5. The molecule has 2 aromatic heterocycles. The molecule has 0 bridgehead atoms. The predicted octanol–water partition coefficient (Wildman–Crippen LogP) is 3.23. The Morgan fingerprint density at radius 1 is 1.23 bits per heavy atom. The molecule has 2 atom stereocenters. The van der Waals surface area contributed by atoms with Gasteiger partial charge in [0.05, 0.1) is 18.5 Å². The number of nitrogens with zero attached hydrogens (tertiary/aromatic N) is 6. The maximum absolute atomic E-state index is 14.1. The number of amides is 1. The van der Waals surface area contributed by atoms with Gasteiger partial charge in [0.1, 0.15) is 5.69 Å². The molecule has 2 aromatic rings. The zero-order valence-electron chi connectivity index (χ0n) is 23.0. The van der Waals surface area contributed by atoms with E-state index in [0.717, 1.165) is 62.8 Å². The van der Waals surface area contributed by atoms with Crippen LogP contribution in [0.5, 0.6) is 0 Å². The minimum absolute atomic E-state index is 0.0533. The van der Waals surface area contributed by atoms with E-state index in [4.69, 9.17) is 19.8 Å². The Kier molecular flexibility index (Phi) is 8.32. The minimum atomic E-state index is -3.27. The number of anilines is 1. The fourth-order valence-electron chi connectivity index (χ4n) is 5.88. The molecule has 2 aliphatic heterocycles. The van der Waals surface area contributed by atoms with Crippen LogP contribution >= 0.6 is 0 Å². The summed E-state index contributed by atoms with van der Waals surface area (Å²) in [6.07, 6.45) is 5.55. The van der Waals surface area contributed by atoms with E-state index in [-0.39, 0.29) is 24.2 Å². The lowest BCUT2D eigenvalue weighted by Gasteiger charge is -2.36. The van der Waals surface area contributed by atoms with Gasteiger partial charge in [0.25, 0.3) is 11.7 Å². The summed E-state index contributed by atoms with van der Waals surface area (Å²) >= 11 is 0. The number of carbonyl (C=O) groups excluding carboxylic acids is 1. The molecule has 0 radical (unpaired) electrons. The summed E-state index contributed by atoms with van der Waals surface area (Å²) in [7, 11) is 1.71. The van der Waals surface area contributed by atoms with Crippen molar-refractivity contribution in [3.8, 4) is 0 Å². The molecule has 39 heavy (non-hydrogen) atoms. The summed E-state index contributed by atoms with van der Waals surface area (Å²) in [6.45, 7) is 5.95. The molecule has 0 spiro atoms. The number of piperazine rings is 1. The average molecular weight is 552 g/mol. The van der Waals surface area contributed by atoms with Crippen LogP contribution in [0.25, 0.3) is 5.78 Å². The first-order valence-corrected chi connectivity index (χ1v) is 14.2. The number of ether oxygens (including phenoxy) is 1. The van der Waals surface area contributed by atoms with E-state index < -0.39 is 18.0 Å². The smallest absolute Gasteiger partial charge is 0.281 e. The molecular formula is C27H40F3N7O2. The molecule has 2 saturated heterocycles. The lowest BCUT2D eigenvalue weighted by atomic mass is 9.88. The van der Waals surface area contributed by atoms with E-state index in [1.54, 1.807) is 11.6 Å². The van der Waals surface area contributed by atoms with Crippen molar-refractivity contribution in [2.24, 2.45) is 11.3 Å². The third kappa shape index (κ3) is 6.01. The van der Waals surface area contributed by atoms with Gasteiger partial charge in [-0.2, -0.15) is 10.1 Å². The van der Waals surface area contributed by atoms with Crippen LogP contribution in [-0.2, 0) is 16.0 Å². The molecule has 1 amide bonds. The van der Waals surface area contributed by atoms with Crippen LogP contribution < -0.4 is 10.2 Å². The van der Waals surface area contributed by atoms with Gasteiger partial charge in [-0.25, -0.2) is 22.7 Å². The van der Waals surface area contributed by atoms with Crippen LogP contribution in [0.15, 0.2) is 6.20 Å². The Balaban J connectivity index is 1.36. The Morgan fingerprint density at radius 2 is 2.00 bits per heavy atom. The number of halogens is 3. The number of alkyl halides is 3. The number of methoxy groups -OCH3 is 1. The van der Waals surface area contributed by atoms with Gasteiger partial charge in [0.2, 0.25) is 5.91 Å². The molecule has 1 aliphatic carbocycles. The quantitative estimate of drug-likeness (QED) is 0.433. The van der Waals surface area contributed by atoms with Crippen LogP contribution in [0.4, 0.5) is 19.0 Å². The lowest BCUT2D eigenvalue weighted by molar-refractivity contribution is -0.126. The van der Waals surface area contributed by atoms with Crippen LogP contribution in [-0.4, -0.2) is 96.0 Å². The van der Waals surface area contributed by atoms with Gasteiger partial charge in [-0.15, -0.1) is 0 Å². The number of aromatic nitrogens is 4. The molecule has 3 fully saturated rings. The monoisotopic (exact) mass is 551 g/mol. The Hall–Kier alpha value is -2.47. The lowest BCUT2D eigenvalue weighted by Crippen LogP contribution is -2.48. The molecule has 3 aliphatic rings. The van der Waals surface area contributed by atoms with Gasteiger partial charge >= 0.3 is 0 Å². The van der Waals surface area contributed by atoms with Crippen molar-refractivity contribution in [1.82, 2.24) is 29.8 Å². The number of nitrogens with one attached hydrogen (secondary N) is 1. The van der Waals surface area contributed by atoms with E-state index >= 15 is 0 Å². The zero-order chi connectivity index (χ0) is 27.6. The first-order chi connectivity index (χ1) is 18.7. The third-order valence-electron chi connectivity index (χ3n) is 8.86. The van der Waals surface area contributed by atoms with Crippen molar-refractivity contribution in [1.29, 1.82) is 0 Å². The molecule has 2 unspecified atom stereocenters. The second-order valence-corrected chi connectivity index (χ2v) is 11.5.